The summed E-state index contributed by atoms with van der Waals surface area (Å²) < 4.78 is 0. The van der Waals surface area contributed by atoms with Crippen LogP contribution in [0.15, 0.2) is 0 Å². The van der Waals surface area contributed by atoms with E-state index in [2.05, 4.69) is 41.5 Å². The first-order valence-corrected chi connectivity index (χ1v) is 11.7. The van der Waals surface area contributed by atoms with Gasteiger partial charge < -0.3 is 0 Å². The Hall–Kier alpha value is 0. The van der Waals surface area contributed by atoms with Gasteiger partial charge in [-0.05, 0) is 23.7 Å². The van der Waals surface area contributed by atoms with E-state index < -0.39 is 0 Å². The van der Waals surface area contributed by atoms with Gasteiger partial charge in [-0.1, -0.05) is 131 Å². The summed E-state index contributed by atoms with van der Waals surface area (Å²) in [7, 11) is 0. The zero-order valence-electron chi connectivity index (χ0n) is 18.2. The largest absolute Gasteiger partial charge is 0.0654 e. The summed E-state index contributed by atoms with van der Waals surface area (Å²) in [6.45, 7) is 14.5. The van der Waals surface area contributed by atoms with Crippen LogP contribution in [0.5, 0.6) is 0 Å². The fraction of sp³-hybridized carbons (Fsp3) is 1.00. The van der Waals surface area contributed by atoms with Crippen LogP contribution in [0, 0.1) is 23.7 Å². The molecule has 146 valence electrons. The molecule has 0 N–H and O–H groups in total. The van der Waals surface area contributed by atoms with Gasteiger partial charge in [0.05, 0.1) is 0 Å². The molecule has 0 amide bonds. The second kappa shape index (κ2) is 16.5. The lowest BCUT2D eigenvalue weighted by molar-refractivity contribution is 0.133. The molecule has 0 aromatic carbocycles. The highest BCUT2D eigenvalue weighted by Crippen LogP contribution is 2.39. The first-order chi connectivity index (χ1) is 11.7. The molecule has 0 aromatic rings. The second-order valence-corrected chi connectivity index (χ2v) is 8.37. The van der Waals surface area contributed by atoms with Crippen molar-refractivity contribution in [1.29, 1.82) is 0 Å². The Balaban J connectivity index is 4.74. The van der Waals surface area contributed by atoms with Crippen molar-refractivity contribution in [2.45, 2.75) is 131 Å². The van der Waals surface area contributed by atoms with Crippen LogP contribution in [0.2, 0.25) is 0 Å². The van der Waals surface area contributed by atoms with Crippen molar-refractivity contribution in [2.24, 2.45) is 23.7 Å². The van der Waals surface area contributed by atoms with Gasteiger partial charge in [0.25, 0.3) is 0 Å². The van der Waals surface area contributed by atoms with Crippen molar-refractivity contribution in [3.8, 4) is 0 Å². The molecule has 0 saturated carbocycles. The molecule has 0 fully saturated rings. The summed E-state index contributed by atoms with van der Waals surface area (Å²) >= 11 is 0. The summed E-state index contributed by atoms with van der Waals surface area (Å²) in [5, 5.41) is 0. The van der Waals surface area contributed by atoms with E-state index in [1.54, 1.807) is 0 Å². The van der Waals surface area contributed by atoms with Gasteiger partial charge in [-0.3, -0.25) is 0 Å². The topological polar surface area (TPSA) is 0 Å². The van der Waals surface area contributed by atoms with Crippen LogP contribution in [0.25, 0.3) is 0 Å². The Morgan fingerprint density at radius 2 is 1.00 bits per heavy atom. The predicted octanol–water partition coefficient (Wildman–Crippen LogP) is 9.03. The van der Waals surface area contributed by atoms with Crippen LogP contribution in [0.4, 0.5) is 0 Å². The number of unbranched alkanes of at least 4 members (excludes halogenated alkanes) is 6. The quantitative estimate of drug-likeness (QED) is 0.232. The Morgan fingerprint density at radius 1 is 0.500 bits per heavy atom. The smallest absolute Gasteiger partial charge is 0.0358 e. The molecule has 0 bridgehead atoms. The number of hydrogen-bond acceptors (Lipinski definition) is 0. The van der Waals surface area contributed by atoms with Gasteiger partial charge in [0.2, 0.25) is 0 Å². The van der Waals surface area contributed by atoms with Gasteiger partial charge in [-0.2, -0.15) is 0 Å². The Morgan fingerprint density at radius 3 is 1.50 bits per heavy atom. The predicted molar refractivity (Wildman–Crippen MR) is 113 cm³/mol. The molecule has 4 atom stereocenters. The van der Waals surface area contributed by atoms with Crippen LogP contribution in [-0.2, 0) is 0 Å². The average Bonchev–Trinajstić information content (AvgIpc) is 2.58. The Labute approximate surface area is 155 Å². The van der Waals surface area contributed by atoms with Crippen molar-refractivity contribution in [2.75, 3.05) is 0 Å². The summed E-state index contributed by atoms with van der Waals surface area (Å²) in [6.07, 6.45) is 20.0. The van der Waals surface area contributed by atoms with Crippen molar-refractivity contribution in [1.82, 2.24) is 0 Å². The minimum Gasteiger partial charge on any atom is -0.0654 e. The molecule has 0 nitrogen and oxygen atoms in total. The number of rotatable bonds is 17. The molecule has 0 aliphatic rings. The fourth-order valence-electron chi connectivity index (χ4n) is 5.02. The SMILES string of the molecule is CCCCCCCC(CCCCC)C(CC)C(CC)C(C)CCC. The van der Waals surface area contributed by atoms with E-state index in [0.29, 0.717) is 0 Å². The zero-order chi connectivity index (χ0) is 18.2. The normalized spacial score (nSPS) is 16.8. The highest BCUT2D eigenvalue weighted by Gasteiger charge is 2.29. The fourth-order valence-corrected chi connectivity index (χ4v) is 5.02. The molecule has 0 aromatic heterocycles. The minimum absolute atomic E-state index is 0.915. The molecule has 0 heteroatoms. The monoisotopic (exact) mass is 338 g/mol. The molecule has 0 radical (unpaired) electrons. The minimum atomic E-state index is 0.915. The molecule has 0 saturated heterocycles. The van der Waals surface area contributed by atoms with Crippen LogP contribution < -0.4 is 0 Å². The first-order valence-electron chi connectivity index (χ1n) is 11.7. The molecular formula is C24H50. The van der Waals surface area contributed by atoms with Crippen LogP contribution >= 0.6 is 0 Å². The highest BCUT2D eigenvalue weighted by molar-refractivity contribution is 4.79. The van der Waals surface area contributed by atoms with E-state index in [1.165, 1.54) is 89.9 Å². The summed E-state index contributed by atoms with van der Waals surface area (Å²) in [5.41, 5.74) is 0. The van der Waals surface area contributed by atoms with E-state index in [4.69, 9.17) is 0 Å². The summed E-state index contributed by atoms with van der Waals surface area (Å²) in [4.78, 5) is 0. The van der Waals surface area contributed by atoms with E-state index >= 15 is 0 Å². The average molecular weight is 339 g/mol. The van der Waals surface area contributed by atoms with Crippen molar-refractivity contribution in [3.63, 3.8) is 0 Å². The van der Waals surface area contributed by atoms with E-state index in [0.717, 1.165) is 23.7 Å². The molecule has 0 rings (SSSR count). The molecule has 0 aliphatic carbocycles. The van der Waals surface area contributed by atoms with Gasteiger partial charge in [0.15, 0.2) is 0 Å². The number of hydrogen-bond donors (Lipinski definition) is 0. The molecule has 0 spiro atoms. The highest BCUT2D eigenvalue weighted by atomic mass is 14.3. The van der Waals surface area contributed by atoms with E-state index in [9.17, 15) is 0 Å². The van der Waals surface area contributed by atoms with Gasteiger partial charge in [0.1, 0.15) is 0 Å². The van der Waals surface area contributed by atoms with Crippen LogP contribution in [-0.4, -0.2) is 0 Å². The van der Waals surface area contributed by atoms with Gasteiger partial charge >= 0.3 is 0 Å². The van der Waals surface area contributed by atoms with E-state index in [1.807, 2.05) is 0 Å². The zero-order valence-corrected chi connectivity index (χ0v) is 18.2. The van der Waals surface area contributed by atoms with Crippen molar-refractivity contribution in [3.05, 3.63) is 0 Å². The summed E-state index contributed by atoms with van der Waals surface area (Å²) in [6, 6.07) is 0. The third-order valence-electron chi connectivity index (χ3n) is 6.43. The molecule has 4 unspecified atom stereocenters. The lowest BCUT2D eigenvalue weighted by Crippen LogP contribution is -2.28. The van der Waals surface area contributed by atoms with Crippen molar-refractivity contribution >= 4 is 0 Å². The van der Waals surface area contributed by atoms with Gasteiger partial charge in [0, 0.05) is 0 Å². The Bertz CT molecular complexity index is 244. The third-order valence-corrected chi connectivity index (χ3v) is 6.43. The molecule has 24 heavy (non-hydrogen) atoms. The molecular weight excluding hydrogens is 288 g/mol. The first kappa shape index (κ1) is 24.0. The van der Waals surface area contributed by atoms with Crippen LogP contribution in [0.1, 0.15) is 131 Å². The van der Waals surface area contributed by atoms with Crippen LogP contribution in [0.3, 0.4) is 0 Å². The maximum atomic E-state index is 2.53. The maximum Gasteiger partial charge on any atom is -0.0358 e. The van der Waals surface area contributed by atoms with Crippen molar-refractivity contribution < 1.29 is 0 Å². The second-order valence-electron chi connectivity index (χ2n) is 8.37. The standard InChI is InChI=1S/C24H50/c1-7-12-14-15-17-20-22(19-16-13-8-2)24(11-5)23(10-4)21(6)18-9-3/h21-24H,7-20H2,1-6H3. The maximum absolute atomic E-state index is 2.53. The Kier molecular flexibility index (Phi) is 16.5. The lowest BCUT2D eigenvalue weighted by Gasteiger charge is -2.37. The van der Waals surface area contributed by atoms with Gasteiger partial charge in [-0.15, -0.1) is 0 Å². The van der Waals surface area contributed by atoms with E-state index in [-0.39, 0.29) is 0 Å². The third kappa shape index (κ3) is 10.1. The lowest BCUT2D eigenvalue weighted by atomic mass is 9.69. The summed E-state index contributed by atoms with van der Waals surface area (Å²) in [5.74, 6) is 3.84. The molecule has 0 aliphatic heterocycles. The van der Waals surface area contributed by atoms with Gasteiger partial charge in [-0.25, -0.2) is 0 Å². The molecule has 0 heterocycles.